The molecule has 0 bridgehead atoms. The van der Waals surface area contributed by atoms with Crippen molar-refractivity contribution in [1.82, 2.24) is 4.72 Å². The molecule has 0 unspecified atom stereocenters. The molecular formula is C13H15NO3S. The quantitative estimate of drug-likeness (QED) is 0.921. The van der Waals surface area contributed by atoms with Crippen molar-refractivity contribution in [2.45, 2.75) is 11.8 Å². The van der Waals surface area contributed by atoms with E-state index in [-0.39, 0.29) is 4.90 Å². The molecule has 2 rings (SSSR count). The van der Waals surface area contributed by atoms with Crippen LogP contribution in [0.5, 0.6) is 5.75 Å². The molecule has 0 aliphatic heterocycles. The lowest BCUT2D eigenvalue weighted by Gasteiger charge is -2.12. The highest BCUT2D eigenvalue weighted by Crippen LogP contribution is 2.32. The van der Waals surface area contributed by atoms with E-state index in [1.54, 1.807) is 19.1 Å². The number of ether oxygens (including phenoxy) is 1. The number of hydrogen-bond donors (Lipinski definition) is 1. The van der Waals surface area contributed by atoms with E-state index in [9.17, 15) is 8.42 Å². The minimum Gasteiger partial charge on any atom is -0.495 e. The van der Waals surface area contributed by atoms with Crippen molar-refractivity contribution >= 4 is 20.8 Å². The third-order valence-corrected chi connectivity index (χ3v) is 4.24. The highest BCUT2D eigenvalue weighted by molar-refractivity contribution is 7.89. The molecule has 96 valence electrons. The van der Waals surface area contributed by atoms with Crippen molar-refractivity contribution in [2.24, 2.45) is 0 Å². The summed E-state index contributed by atoms with van der Waals surface area (Å²) >= 11 is 0. The number of nitrogens with one attached hydrogen (secondary N) is 1. The Morgan fingerprint density at radius 2 is 1.89 bits per heavy atom. The zero-order valence-electron chi connectivity index (χ0n) is 10.3. The van der Waals surface area contributed by atoms with Crippen molar-refractivity contribution in [2.75, 3.05) is 13.7 Å². The number of hydrogen-bond acceptors (Lipinski definition) is 3. The van der Waals surface area contributed by atoms with Gasteiger partial charge in [0.25, 0.3) is 0 Å². The van der Waals surface area contributed by atoms with E-state index in [1.807, 2.05) is 24.3 Å². The van der Waals surface area contributed by atoms with Gasteiger partial charge in [-0.1, -0.05) is 37.3 Å². The second-order valence-corrected chi connectivity index (χ2v) is 5.55. The zero-order valence-corrected chi connectivity index (χ0v) is 11.1. The van der Waals surface area contributed by atoms with E-state index in [1.165, 1.54) is 7.11 Å². The molecule has 0 aliphatic rings. The lowest BCUT2D eigenvalue weighted by molar-refractivity contribution is 0.407. The van der Waals surface area contributed by atoms with Gasteiger partial charge in [-0.25, -0.2) is 13.1 Å². The molecule has 5 heteroatoms. The monoisotopic (exact) mass is 265 g/mol. The first-order chi connectivity index (χ1) is 8.60. The number of fused-ring (bicyclic) bond motifs is 1. The van der Waals surface area contributed by atoms with Crippen molar-refractivity contribution in [1.29, 1.82) is 0 Å². The predicted octanol–water partition coefficient (Wildman–Crippen LogP) is 2.15. The van der Waals surface area contributed by atoms with Crippen LogP contribution in [-0.4, -0.2) is 22.1 Å². The maximum atomic E-state index is 12.1. The summed E-state index contributed by atoms with van der Waals surface area (Å²) in [6.45, 7) is 2.09. The summed E-state index contributed by atoms with van der Waals surface area (Å²) in [6.07, 6.45) is 0. The molecule has 2 aromatic carbocycles. The first-order valence-corrected chi connectivity index (χ1v) is 7.14. The van der Waals surface area contributed by atoms with Gasteiger partial charge in [0.1, 0.15) is 10.6 Å². The molecule has 4 nitrogen and oxygen atoms in total. The van der Waals surface area contributed by atoms with Gasteiger partial charge in [0.05, 0.1) is 7.11 Å². The molecule has 0 spiro atoms. The van der Waals surface area contributed by atoms with E-state index in [0.717, 1.165) is 10.8 Å². The Hall–Kier alpha value is -1.59. The van der Waals surface area contributed by atoms with E-state index in [4.69, 9.17) is 4.74 Å². The van der Waals surface area contributed by atoms with E-state index >= 15 is 0 Å². The lowest BCUT2D eigenvalue weighted by atomic mass is 10.1. The largest absolute Gasteiger partial charge is 0.495 e. The minimum atomic E-state index is -3.52. The van der Waals surface area contributed by atoms with Crippen LogP contribution in [0, 0.1) is 0 Å². The lowest BCUT2D eigenvalue weighted by Crippen LogP contribution is -2.23. The summed E-state index contributed by atoms with van der Waals surface area (Å²) in [5.74, 6) is 0.383. The smallest absolute Gasteiger partial charge is 0.244 e. The fraction of sp³-hybridized carbons (Fsp3) is 0.231. The normalized spacial score (nSPS) is 11.7. The van der Waals surface area contributed by atoms with Gasteiger partial charge in [0.15, 0.2) is 0 Å². The summed E-state index contributed by atoms with van der Waals surface area (Å²) in [5.41, 5.74) is 0. The average Bonchev–Trinajstić information content (AvgIpc) is 2.37. The van der Waals surface area contributed by atoms with E-state index in [0.29, 0.717) is 12.3 Å². The molecule has 0 aromatic heterocycles. The maximum Gasteiger partial charge on any atom is 0.244 e. The van der Waals surface area contributed by atoms with Gasteiger partial charge in [-0.3, -0.25) is 0 Å². The fourth-order valence-corrected chi connectivity index (χ4v) is 3.13. The molecule has 0 amide bonds. The molecule has 0 saturated carbocycles. The molecule has 0 saturated heterocycles. The standard InChI is InChI=1S/C13H15NO3S/c1-3-14-18(15,16)12-9-8-10-6-4-5-7-11(10)13(12)17-2/h4-9,14H,3H2,1-2H3. The van der Waals surface area contributed by atoms with Crippen molar-refractivity contribution in [3.8, 4) is 5.75 Å². The van der Waals surface area contributed by atoms with Crippen LogP contribution in [0.25, 0.3) is 10.8 Å². The number of sulfonamides is 1. The first kappa shape index (κ1) is 12.9. The summed E-state index contributed by atoms with van der Waals surface area (Å²) in [5, 5.41) is 1.74. The van der Waals surface area contributed by atoms with E-state index < -0.39 is 10.0 Å². The average molecular weight is 265 g/mol. The summed E-state index contributed by atoms with van der Waals surface area (Å²) in [6, 6.07) is 10.9. The van der Waals surface area contributed by atoms with Crippen LogP contribution in [0.15, 0.2) is 41.3 Å². The van der Waals surface area contributed by atoms with Crippen LogP contribution in [0.2, 0.25) is 0 Å². The Morgan fingerprint density at radius 1 is 1.17 bits per heavy atom. The Kier molecular flexibility index (Phi) is 3.54. The van der Waals surface area contributed by atoms with Gasteiger partial charge in [-0.15, -0.1) is 0 Å². The van der Waals surface area contributed by atoms with Crippen LogP contribution in [0.4, 0.5) is 0 Å². The number of benzene rings is 2. The van der Waals surface area contributed by atoms with Gasteiger partial charge < -0.3 is 4.74 Å². The molecule has 18 heavy (non-hydrogen) atoms. The molecule has 0 heterocycles. The number of rotatable bonds is 4. The third kappa shape index (κ3) is 2.19. The summed E-state index contributed by atoms with van der Waals surface area (Å²) < 4.78 is 31.9. The topological polar surface area (TPSA) is 55.4 Å². The summed E-state index contributed by atoms with van der Waals surface area (Å²) in [4.78, 5) is 0.172. The second-order valence-electron chi connectivity index (χ2n) is 3.82. The van der Waals surface area contributed by atoms with Crippen molar-refractivity contribution in [3.05, 3.63) is 36.4 Å². The zero-order chi connectivity index (χ0) is 13.2. The SMILES string of the molecule is CCNS(=O)(=O)c1ccc2ccccc2c1OC. The molecule has 2 aromatic rings. The van der Waals surface area contributed by atoms with Crippen LogP contribution in [0.1, 0.15) is 6.92 Å². The second kappa shape index (κ2) is 4.96. The molecule has 1 N–H and O–H groups in total. The molecule has 0 fully saturated rings. The van der Waals surface area contributed by atoms with Gasteiger partial charge >= 0.3 is 0 Å². The number of methoxy groups -OCH3 is 1. The van der Waals surface area contributed by atoms with Crippen LogP contribution in [-0.2, 0) is 10.0 Å². The molecule has 0 radical (unpaired) electrons. The van der Waals surface area contributed by atoms with Gasteiger partial charge in [-0.05, 0) is 11.5 Å². The summed E-state index contributed by atoms with van der Waals surface area (Å²) in [7, 11) is -2.04. The third-order valence-electron chi connectivity index (χ3n) is 2.67. The molecule has 0 aliphatic carbocycles. The molecule has 0 atom stereocenters. The highest BCUT2D eigenvalue weighted by Gasteiger charge is 2.20. The van der Waals surface area contributed by atoms with Gasteiger partial charge in [0.2, 0.25) is 10.0 Å². The Labute approximate surface area is 107 Å². The van der Waals surface area contributed by atoms with Crippen LogP contribution < -0.4 is 9.46 Å². The van der Waals surface area contributed by atoms with Gasteiger partial charge in [-0.2, -0.15) is 0 Å². The maximum absolute atomic E-state index is 12.1. The highest BCUT2D eigenvalue weighted by atomic mass is 32.2. The Balaban J connectivity index is 2.73. The minimum absolute atomic E-state index is 0.172. The van der Waals surface area contributed by atoms with Crippen molar-refractivity contribution < 1.29 is 13.2 Å². The van der Waals surface area contributed by atoms with Gasteiger partial charge in [0, 0.05) is 11.9 Å². The Morgan fingerprint density at radius 3 is 2.56 bits per heavy atom. The van der Waals surface area contributed by atoms with E-state index in [2.05, 4.69) is 4.72 Å². The van der Waals surface area contributed by atoms with Crippen molar-refractivity contribution in [3.63, 3.8) is 0 Å². The molecular weight excluding hydrogens is 250 g/mol. The van der Waals surface area contributed by atoms with Crippen LogP contribution in [0.3, 0.4) is 0 Å². The fourth-order valence-electron chi connectivity index (χ4n) is 1.91. The first-order valence-electron chi connectivity index (χ1n) is 5.65. The Bertz CT molecular complexity index is 665. The predicted molar refractivity (Wildman–Crippen MR) is 71.4 cm³/mol. The van der Waals surface area contributed by atoms with Crippen LogP contribution >= 0.6 is 0 Å².